The van der Waals surface area contributed by atoms with Crippen LogP contribution < -0.4 is 5.73 Å². The van der Waals surface area contributed by atoms with Crippen molar-refractivity contribution in [1.82, 2.24) is 0 Å². The van der Waals surface area contributed by atoms with Crippen LogP contribution in [0, 0.1) is 11.3 Å². The van der Waals surface area contributed by atoms with Gasteiger partial charge in [0.1, 0.15) is 0 Å². The summed E-state index contributed by atoms with van der Waals surface area (Å²) in [6, 6.07) is 10.0. The molecule has 3 heteroatoms. The molecule has 0 aliphatic heterocycles. The van der Waals surface area contributed by atoms with E-state index in [1.54, 1.807) is 0 Å². The molecule has 0 heterocycles. The van der Waals surface area contributed by atoms with Crippen molar-refractivity contribution in [3.63, 3.8) is 0 Å². The maximum absolute atomic E-state index is 7.96. The van der Waals surface area contributed by atoms with E-state index in [2.05, 4.69) is 13.2 Å². The van der Waals surface area contributed by atoms with Gasteiger partial charge in [-0.05, 0) is 11.1 Å². The van der Waals surface area contributed by atoms with Crippen LogP contribution in [0.15, 0.2) is 54.8 Å². The van der Waals surface area contributed by atoms with E-state index in [1.807, 2.05) is 37.3 Å². The van der Waals surface area contributed by atoms with Crippen LogP contribution in [0.3, 0.4) is 0 Å². The molecular formula is C16H22N2O. The first-order valence-corrected chi connectivity index (χ1v) is 6.32. The Labute approximate surface area is 115 Å². The van der Waals surface area contributed by atoms with Crippen molar-refractivity contribution in [3.8, 4) is 0 Å². The van der Waals surface area contributed by atoms with Crippen molar-refractivity contribution in [3.05, 3.63) is 60.3 Å². The van der Waals surface area contributed by atoms with Crippen LogP contribution in [0.2, 0.25) is 0 Å². The molecule has 0 saturated carbocycles. The summed E-state index contributed by atoms with van der Waals surface area (Å²) in [5.41, 5.74) is 8.41. The summed E-state index contributed by atoms with van der Waals surface area (Å²) in [5.74, 6) is 0.0554. The van der Waals surface area contributed by atoms with Crippen LogP contribution in [0.1, 0.15) is 18.9 Å². The predicted octanol–water partition coefficient (Wildman–Crippen LogP) is 3.28. The van der Waals surface area contributed by atoms with E-state index >= 15 is 0 Å². The van der Waals surface area contributed by atoms with Crippen LogP contribution in [0.4, 0.5) is 0 Å². The summed E-state index contributed by atoms with van der Waals surface area (Å²) >= 11 is 0. The van der Waals surface area contributed by atoms with Gasteiger partial charge in [0.05, 0.1) is 13.2 Å². The number of ether oxygens (including phenoxy) is 1. The van der Waals surface area contributed by atoms with E-state index in [4.69, 9.17) is 15.9 Å². The molecule has 102 valence electrons. The Hall–Kier alpha value is -1.87. The first-order valence-electron chi connectivity index (χ1n) is 6.32. The zero-order chi connectivity index (χ0) is 14.3. The van der Waals surface area contributed by atoms with Crippen molar-refractivity contribution in [2.75, 3.05) is 6.61 Å². The lowest BCUT2D eigenvalue weighted by molar-refractivity contribution is 0.107. The average Bonchev–Trinajstić information content (AvgIpc) is 2.39. The van der Waals surface area contributed by atoms with E-state index < -0.39 is 0 Å². The third kappa shape index (κ3) is 5.53. The van der Waals surface area contributed by atoms with Crippen LogP contribution in [0.25, 0.3) is 0 Å². The van der Waals surface area contributed by atoms with Crippen molar-refractivity contribution < 1.29 is 4.74 Å². The van der Waals surface area contributed by atoms with Gasteiger partial charge in [-0.2, -0.15) is 0 Å². The highest BCUT2D eigenvalue weighted by atomic mass is 16.5. The molecule has 1 atom stereocenters. The van der Waals surface area contributed by atoms with Crippen molar-refractivity contribution >= 4 is 5.71 Å². The van der Waals surface area contributed by atoms with E-state index in [1.165, 1.54) is 0 Å². The van der Waals surface area contributed by atoms with E-state index in [0.29, 0.717) is 36.6 Å². The van der Waals surface area contributed by atoms with Gasteiger partial charge in [0.15, 0.2) is 0 Å². The number of hydrogen-bond donors (Lipinski definition) is 2. The van der Waals surface area contributed by atoms with Gasteiger partial charge in [-0.25, -0.2) is 0 Å². The molecule has 1 aromatic carbocycles. The molecule has 1 unspecified atom stereocenters. The number of nitrogens with one attached hydrogen (secondary N) is 1. The standard InChI is InChI=1S/C16H22N2O/c1-12(14(3)17)9-16(18)13(2)10-19-11-15-7-5-4-6-8-15/h4-8,13,18H,1,3,9-11,17H2,2H3. The fourth-order valence-corrected chi connectivity index (χ4v) is 1.55. The number of rotatable bonds is 8. The molecule has 0 saturated heterocycles. The van der Waals surface area contributed by atoms with Gasteiger partial charge in [0.2, 0.25) is 0 Å². The lowest BCUT2D eigenvalue weighted by atomic mass is 9.99. The topological polar surface area (TPSA) is 59.1 Å². The maximum Gasteiger partial charge on any atom is 0.0717 e. The molecule has 0 fully saturated rings. The molecule has 3 N–H and O–H groups in total. The highest BCUT2D eigenvalue weighted by molar-refractivity contribution is 5.86. The molecule has 1 rings (SSSR count). The van der Waals surface area contributed by atoms with Crippen molar-refractivity contribution in [2.45, 2.75) is 20.0 Å². The minimum Gasteiger partial charge on any atom is -0.399 e. The van der Waals surface area contributed by atoms with Gasteiger partial charge in [-0.3, -0.25) is 0 Å². The smallest absolute Gasteiger partial charge is 0.0717 e. The molecule has 19 heavy (non-hydrogen) atoms. The number of hydrogen-bond acceptors (Lipinski definition) is 3. The van der Waals surface area contributed by atoms with Crippen LogP contribution in [0.5, 0.6) is 0 Å². The van der Waals surface area contributed by atoms with Gasteiger partial charge in [0.25, 0.3) is 0 Å². The molecule has 0 aliphatic rings. The highest BCUT2D eigenvalue weighted by Gasteiger charge is 2.11. The number of benzene rings is 1. The average molecular weight is 258 g/mol. The minimum absolute atomic E-state index is 0.0554. The van der Waals surface area contributed by atoms with Gasteiger partial charge >= 0.3 is 0 Å². The first kappa shape index (κ1) is 15.2. The van der Waals surface area contributed by atoms with Gasteiger partial charge in [-0.1, -0.05) is 50.4 Å². The normalized spacial score (nSPS) is 11.8. The lowest BCUT2D eigenvalue weighted by Gasteiger charge is -2.14. The molecular weight excluding hydrogens is 236 g/mol. The molecule has 1 aromatic rings. The Morgan fingerprint density at radius 3 is 2.53 bits per heavy atom. The largest absolute Gasteiger partial charge is 0.399 e. The fraction of sp³-hybridized carbons (Fsp3) is 0.312. The Morgan fingerprint density at radius 1 is 1.32 bits per heavy atom. The third-order valence-corrected chi connectivity index (χ3v) is 2.93. The summed E-state index contributed by atoms with van der Waals surface area (Å²) < 4.78 is 5.62. The first-order chi connectivity index (χ1) is 9.00. The Bertz CT molecular complexity index is 451. The molecule has 0 amide bonds. The summed E-state index contributed by atoms with van der Waals surface area (Å²) in [5, 5.41) is 7.96. The summed E-state index contributed by atoms with van der Waals surface area (Å²) in [6.07, 6.45) is 0.463. The monoisotopic (exact) mass is 258 g/mol. The van der Waals surface area contributed by atoms with E-state index in [0.717, 1.165) is 5.56 Å². The number of nitrogens with two attached hydrogens (primary N) is 1. The quantitative estimate of drug-likeness (QED) is 0.555. The second kappa shape index (κ2) is 7.54. The zero-order valence-electron chi connectivity index (χ0n) is 11.5. The van der Waals surface area contributed by atoms with Gasteiger partial charge < -0.3 is 15.9 Å². The SMILES string of the molecule is C=C(N)C(=C)CC(=N)C(C)COCc1ccccc1. The van der Waals surface area contributed by atoms with Crippen LogP contribution in [-0.2, 0) is 11.3 Å². The Balaban J connectivity index is 2.31. The maximum atomic E-state index is 7.96. The lowest BCUT2D eigenvalue weighted by Crippen LogP contribution is -2.18. The molecule has 3 nitrogen and oxygen atoms in total. The van der Waals surface area contributed by atoms with E-state index in [9.17, 15) is 0 Å². The van der Waals surface area contributed by atoms with Crippen LogP contribution in [-0.4, -0.2) is 12.3 Å². The second-order valence-electron chi connectivity index (χ2n) is 4.73. The van der Waals surface area contributed by atoms with Crippen LogP contribution >= 0.6 is 0 Å². The summed E-state index contributed by atoms with van der Waals surface area (Å²) in [6.45, 7) is 10.5. The molecule has 0 aliphatic carbocycles. The zero-order valence-corrected chi connectivity index (χ0v) is 11.5. The Kier molecular flexibility index (Phi) is 6.03. The molecule has 0 radical (unpaired) electrons. The summed E-state index contributed by atoms with van der Waals surface area (Å²) in [4.78, 5) is 0. The van der Waals surface area contributed by atoms with Crippen molar-refractivity contribution in [1.29, 1.82) is 5.41 Å². The van der Waals surface area contributed by atoms with Gasteiger partial charge in [-0.15, -0.1) is 0 Å². The summed E-state index contributed by atoms with van der Waals surface area (Å²) in [7, 11) is 0. The predicted molar refractivity (Wildman–Crippen MR) is 80.1 cm³/mol. The third-order valence-electron chi connectivity index (χ3n) is 2.93. The molecule has 0 aromatic heterocycles. The van der Waals surface area contributed by atoms with E-state index in [-0.39, 0.29) is 5.92 Å². The second-order valence-corrected chi connectivity index (χ2v) is 4.73. The van der Waals surface area contributed by atoms with Gasteiger partial charge in [0, 0.05) is 23.7 Å². The molecule has 0 bridgehead atoms. The molecule has 0 spiro atoms. The minimum atomic E-state index is 0.0554. The van der Waals surface area contributed by atoms with Crippen molar-refractivity contribution in [2.24, 2.45) is 11.7 Å². The highest BCUT2D eigenvalue weighted by Crippen LogP contribution is 2.11. The number of allylic oxidation sites excluding steroid dienone is 1. The Morgan fingerprint density at radius 2 is 1.95 bits per heavy atom. The fourth-order valence-electron chi connectivity index (χ4n) is 1.55.